The number of imidazole rings is 2. The molecule has 2 amide bonds. The third-order valence-electron chi connectivity index (χ3n) is 9.04. The summed E-state index contributed by atoms with van der Waals surface area (Å²) < 4.78 is 73.7. The van der Waals surface area contributed by atoms with Crippen molar-refractivity contribution in [3.8, 4) is 11.4 Å². The Morgan fingerprint density at radius 2 is 1.77 bits per heavy atom. The molecule has 2 aliphatic heterocycles. The predicted octanol–water partition coefficient (Wildman–Crippen LogP) is 3.91. The number of H-pyrrole nitrogens is 1. The van der Waals surface area contributed by atoms with Gasteiger partial charge in [-0.3, -0.25) is 28.8 Å². The number of carbonyl (C=O) groups is 2. The molecule has 2 aliphatic rings. The van der Waals surface area contributed by atoms with Crippen LogP contribution in [-0.2, 0) is 33.0 Å². The second-order valence-electron chi connectivity index (χ2n) is 12.5. The maximum absolute atomic E-state index is 13.3. The average molecular weight is 781 g/mol. The van der Waals surface area contributed by atoms with E-state index in [0.717, 1.165) is 17.8 Å². The lowest BCUT2D eigenvalue weighted by Gasteiger charge is -2.41. The number of nitrogens with zero attached hydrogens (tertiary/aromatic N) is 4. The van der Waals surface area contributed by atoms with Gasteiger partial charge in [0.05, 0.1) is 32.8 Å². The molecule has 0 bridgehead atoms. The third-order valence-corrected chi connectivity index (χ3v) is 10.6. The molecule has 5 N–H and O–H groups in total. The van der Waals surface area contributed by atoms with Gasteiger partial charge < -0.3 is 15.2 Å². The summed E-state index contributed by atoms with van der Waals surface area (Å²) in [6.07, 6.45) is -4.24. The first-order valence-corrected chi connectivity index (χ1v) is 18.2. The zero-order valence-electron chi connectivity index (χ0n) is 27.1. The van der Waals surface area contributed by atoms with Gasteiger partial charge in [-0.2, -0.15) is 26.3 Å². The molecule has 0 spiro atoms. The molecule has 274 valence electrons. The standard InChI is InChI=1S/C32H30Cl2F3N9O5S/c1-44-26-13-19(3-5-24(26)46(31(44)49)25-6-7-27(47)41-30(25)48)45-14-18(15-45)38-8-9-39-52(50,51)43-22-4-2-17(33)12-20(22)29-40-23-11-16(32(35,36)37)10-21(34)28(23)42-29/h2-5,10-13,18,25,38-39,43H,6-9,14-15H2,1H3,(H,40,42)(H,41,47,48). The van der Waals surface area contributed by atoms with Crippen LogP contribution in [0.3, 0.4) is 0 Å². The van der Waals surface area contributed by atoms with E-state index < -0.39 is 33.9 Å². The largest absolute Gasteiger partial charge is 0.416 e. The Kier molecular flexibility index (Phi) is 9.23. The van der Waals surface area contributed by atoms with Crippen molar-refractivity contribution >= 4 is 78.7 Å². The quantitative estimate of drug-likeness (QED) is 0.105. The van der Waals surface area contributed by atoms with Gasteiger partial charge in [0.1, 0.15) is 17.4 Å². The van der Waals surface area contributed by atoms with Gasteiger partial charge in [0.15, 0.2) is 0 Å². The number of nitrogens with one attached hydrogen (secondary N) is 5. The van der Waals surface area contributed by atoms with Crippen LogP contribution in [0.15, 0.2) is 53.3 Å². The zero-order valence-corrected chi connectivity index (χ0v) is 29.5. The summed E-state index contributed by atoms with van der Waals surface area (Å²) in [5, 5.41) is 5.61. The molecule has 0 aliphatic carbocycles. The highest BCUT2D eigenvalue weighted by atomic mass is 35.5. The van der Waals surface area contributed by atoms with Crippen molar-refractivity contribution < 1.29 is 31.2 Å². The van der Waals surface area contributed by atoms with Crippen LogP contribution in [0.1, 0.15) is 24.4 Å². The van der Waals surface area contributed by atoms with Gasteiger partial charge >= 0.3 is 11.9 Å². The number of hydrogen-bond donors (Lipinski definition) is 5. The van der Waals surface area contributed by atoms with E-state index in [1.807, 2.05) is 12.1 Å². The number of amides is 2. The van der Waals surface area contributed by atoms with Crippen molar-refractivity contribution in [2.45, 2.75) is 31.1 Å². The number of aromatic amines is 1. The van der Waals surface area contributed by atoms with Crippen LogP contribution < -0.4 is 30.7 Å². The van der Waals surface area contributed by atoms with Crippen molar-refractivity contribution in [1.82, 2.24) is 34.5 Å². The summed E-state index contributed by atoms with van der Waals surface area (Å²) in [5.41, 5.74) is 1.15. The van der Waals surface area contributed by atoms with Gasteiger partial charge in [-0.05, 0) is 55.0 Å². The van der Waals surface area contributed by atoms with Gasteiger partial charge in [-0.25, -0.2) is 9.78 Å². The lowest BCUT2D eigenvalue weighted by molar-refractivity contribution is -0.138. The number of aromatic nitrogens is 4. The highest BCUT2D eigenvalue weighted by Gasteiger charge is 2.33. The number of benzene rings is 3. The maximum Gasteiger partial charge on any atom is 0.416 e. The number of imide groups is 1. The van der Waals surface area contributed by atoms with E-state index in [1.54, 1.807) is 13.1 Å². The van der Waals surface area contributed by atoms with E-state index in [9.17, 15) is 36.0 Å². The Balaban J connectivity index is 0.950. The van der Waals surface area contributed by atoms with Gasteiger partial charge in [0.2, 0.25) is 11.8 Å². The second-order valence-corrected chi connectivity index (χ2v) is 14.9. The zero-order chi connectivity index (χ0) is 37.1. The first kappa shape index (κ1) is 35.8. The lowest BCUT2D eigenvalue weighted by Crippen LogP contribution is -2.59. The minimum absolute atomic E-state index is 0.0115. The summed E-state index contributed by atoms with van der Waals surface area (Å²) in [6, 6.07) is 10.7. The van der Waals surface area contributed by atoms with Gasteiger partial charge in [-0.1, -0.05) is 23.2 Å². The molecule has 7 rings (SSSR count). The fourth-order valence-corrected chi connectivity index (χ4v) is 7.75. The SMILES string of the molecule is Cn1c(=O)n(C2CCC(=O)NC2=O)c2ccc(N3CC(NCCNS(=O)(=O)Nc4ccc(Cl)cc4-c4nc5c(Cl)cc(C(F)(F)F)cc5[nH]4)C3)cc21. The summed E-state index contributed by atoms with van der Waals surface area (Å²) in [4.78, 5) is 46.3. The van der Waals surface area contributed by atoms with E-state index in [-0.39, 0.29) is 75.2 Å². The Labute approximate surface area is 303 Å². The molecule has 1 unspecified atom stereocenters. The van der Waals surface area contributed by atoms with Crippen molar-refractivity contribution in [3.63, 3.8) is 0 Å². The van der Waals surface area contributed by atoms with Gasteiger partial charge in [0, 0.05) is 62.0 Å². The van der Waals surface area contributed by atoms with Crippen LogP contribution in [0.4, 0.5) is 24.5 Å². The fourth-order valence-electron chi connectivity index (χ4n) is 6.41. The first-order valence-electron chi connectivity index (χ1n) is 15.9. The van der Waals surface area contributed by atoms with Crippen LogP contribution in [0.5, 0.6) is 0 Å². The van der Waals surface area contributed by atoms with Crippen molar-refractivity contribution in [1.29, 1.82) is 0 Å². The van der Waals surface area contributed by atoms with Crippen LogP contribution in [0, 0.1) is 0 Å². The van der Waals surface area contributed by atoms with Crippen molar-refractivity contribution in [3.05, 3.63) is 74.6 Å². The predicted molar refractivity (Wildman–Crippen MR) is 190 cm³/mol. The number of hydrogen-bond acceptors (Lipinski definition) is 8. The maximum atomic E-state index is 13.3. The van der Waals surface area contributed by atoms with Crippen LogP contribution in [0.2, 0.25) is 10.0 Å². The summed E-state index contributed by atoms with van der Waals surface area (Å²) >= 11 is 12.3. The molecule has 4 heterocycles. The number of fused-ring (bicyclic) bond motifs is 2. The first-order chi connectivity index (χ1) is 24.6. The number of carbonyl (C=O) groups excluding carboxylic acids is 2. The molecular weight excluding hydrogens is 750 g/mol. The lowest BCUT2D eigenvalue weighted by atomic mass is 10.1. The van der Waals surface area contributed by atoms with Crippen LogP contribution in [0.25, 0.3) is 33.5 Å². The molecule has 5 aromatic rings. The molecule has 2 fully saturated rings. The molecule has 20 heteroatoms. The molecule has 0 radical (unpaired) electrons. The monoisotopic (exact) mass is 779 g/mol. The van der Waals surface area contributed by atoms with Crippen molar-refractivity contribution in [2.24, 2.45) is 7.05 Å². The van der Waals surface area contributed by atoms with E-state index in [1.165, 1.54) is 27.3 Å². The molecular formula is C32H30Cl2F3N9O5S. The Morgan fingerprint density at radius 1 is 1.00 bits per heavy atom. The fraction of sp³-hybridized carbons (Fsp3) is 0.312. The van der Waals surface area contributed by atoms with E-state index in [0.29, 0.717) is 30.7 Å². The molecule has 1 atom stereocenters. The topological polar surface area (TPSA) is 175 Å². The van der Waals surface area contributed by atoms with Crippen molar-refractivity contribution in [2.75, 3.05) is 35.8 Å². The number of aryl methyl sites for hydroxylation is 1. The minimum atomic E-state index is -4.63. The molecule has 14 nitrogen and oxygen atoms in total. The Bertz CT molecular complexity index is 2420. The highest BCUT2D eigenvalue weighted by molar-refractivity contribution is 7.90. The summed E-state index contributed by atoms with van der Waals surface area (Å²) in [7, 11) is -2.47. The summed E-state index contributed by atoms with van der Waals surface area (Å²) in [5.74, 6) is -0.801. The number of alkyl halides is 3. The van der Waals surface area contributed by atoms with Crippen LogP contribution >= 0.6 is 23.2 Å². The molecule has 2 aromatic heterocycles. The molecule has 52 heavy (non-hydrogen) atoms. The normalized spacial score (nSPS) is 17.2. The van der Waals surface area contributed by atoms with Gasteiger partial charge in [0.25, 0.3) is 10.2 Å². The third kappa shape index (κ3) is 6.95. The number of rotatable bonds is 10. The molecule has 2 saturated heterocycles. The second kappa shape index (κ2) is 13.4. The average Bonchev–Trinajstić information content (AvgIpc) is 3.59. The smallest absolute Gasteiger partial charge is 0.368 e. The van der Waals surface area contributed by atoms with E-state index in [4.69, 9.17) is 23.2 Å². The van der Waals surface area contributed by atoms with E-state index in [2.05, 4.69) is 34.9 Å². The number of halogens is 5. The minimum Gasteiger partial charge on any atom is -0.368 e. The number of piperidine rings is 1. The summed E-state index contributed by atoms with van der Waals surface area (Å²) in [6.45, 7) is 1.59. The highest BCUT2D eigenvalue weighted by Crippen LogP contribution is 2.37. The van der Waals surface area contributed by atoms with Crippen LogP contribution in [-0.4, -0.2) is 71.6 Å². The number of anilines is 2. The molecule has 0 saturated carbocycles. The van der Waals surface area contributed by atoms with Gasteiger partial charge in [-0.15, -0.1) is 0 Å². The Morgan fingerprint density at radius 3 is 2.50 bits per heavy atom. The van der Waals surface area contributed by atoms with E-state index >= 15 is 0 Å². The Hall–Kier alpha value is -4.62. The molecule has 3 aromatic carbocycles.